The molecule has 0 aliphatic carbocycles. The molecular weight excluding hydrogens is 254 g/mol. The van der Waals surface area contributed by atoms with E-state index in [4.69, 9.17) is 4.74 Å². The van der Waals surface area contributed by atoms with Gasteiger partial charge in [-0.25, -0.2) is 0 Å². The molecule has 2 atom stereocenters. The van der Waals surface area contributed by atoms with Gasteiger partial charge >= 0.3 is 5.97 Å². The van der Waals surface area contributed by atoms with Crippen molar-refractivity contribution in [3.05, 3.63) is 29.8 Å². The van der Waals surface area contributed by atoms with E-state index in [2.05, 4.69) is 11.8 Å². The second kappa shape index (κ2) is 5.83. The molecule has 1 aromatic rings. The van der Waals surface area contributed by atoms with Crippen molar-refractivity contribution in [2.45, 2.75) is 45.2 Å². The third kappa shape index (κ3) is 2.52. The van der Waals surface area contributed by atoms with Gasteiger partial charge in [0.1, 0.15) is 11.3 Å². The molecule has 0 radical (unpaired) electrons. The number of para-hydroxylation sites is 1. The van der Waals surface area contributed by atoms with Gasteiger partial charge in [0.2, 0.25) is 0 Å². The van der Waals surface area contributed by atoms with Crippen molar-refractivity contribution in [2.24, 2.45) is 0 Å². The number of carbonyl (C=O) groups is 1. The van der Waals surface area contributed by atoms with E-state index in [0.717, 1.165) is 24.3 Å². The molecule has 0 saturated carbocycles. The minimum absolute atomic E-state index is 0.0290. The van der Waals surface area contributed by atoms with Gasteiger partial charge < -0.3 is 9.84 Å². The van der Waals surface area contributed by atoms with E-state index in [-0.39, 0.29) is 6.04 Å². The minimum Gasteiger partial charge on any atom is -0.494 e. The van der Waals surface area contributed by atoms with Crippen molar-refractivity contribution in [1.82, 2.24) is 4.90 Å². The normalized spacial score (nSPS) is 24.6. The lowest BCUT2D eigenvalue weighted by Gasteiger charge is -2.36. The molecule has 1 heterocycles. The van der Waals surface area contributed by atoms with E-state index >= 15 is 0 Å². The maximum absolute atomic E-state index is 11.6. The molecular formula is C16H23NO3. The third-order valence-corrected chi connectivity index (χ3v) is 4.29. The Kier molecular flexibility index (Phi) is 4.33. The average molecular weight is 277 g/mol. The highest BCUT2D eigenvalue weighted by molar-refractivity contribution is 5.78. The summed E-state index contributed by atoms with van der Waals surface area (Å²) >= 11 is 0. The molecule has 2 rings (SSSR count). The fourth-order valence-corrected chi connectivity index (χ4v) is 3.12. The summed E-state index contributed by atoms with van der Waals surface area (Å²) in [4.78, 5) is 13.7. The summed E-state index contributed by atoms with van der Waals surface area (Å²) in [5, 5.41) is 9.54. The van der Waals surface area contributed by atoms with Crippen LogP contribution in [0.1, 0.15) is 45.2 Å². The Labute approximate surface area is 120 Å². The van der Waals surface area contributed by atoms with E-state index in [9.17, 15) is 9.90 Å². The van der Waals surface area contributed by atoms with Gasteiger partial charge in [-0.1, -0.05) is 18.2 Å². The topological polar surface area (TPSA) is 49.8 Å². The number of carboxylic acid groups (broad SMARTS) is 1. The van der Waals surface area contributed by atoms with Gasteiger partial charge in [0.25, 0.3) is 0 Å². The number of carboxylic acids is 1. The van der Waals surface area contributed by atoms with Gasteiger partial charge in [-0.3, -0.25) is 9.69 Å². The largest absolute Gasteiger partial charge is 0.494 e. The van der Waals surface area contributed by atoms with Gasteiger partial charge in [-0.2, -0.15) is 0 Å². The highest BCUT2D eigenvalue weighted by Gasteiger charge is 2.45. The summed E-state index contributed by atoms with van der Waals surface area (Å²) in [6, 6.07) is 7.92. The van der Waals surface area contributed by atoms with E-state index in [1.165, 1.54) is 0 Å². The summed E-state index contributed by atoms with van der Waals surface area (Å²) in [6.45, 7) is 7.26. The van der Waals surface area contributed by atoms with Gasteiger partial charge in [-0.05, 0) is 46.2 Å². The van der Waals surface area contributed by atoms with E-state index in [1.807, 2.05) is 38.1 Å². The number of benzene rings is 1. The number of hydrogen-bond donors (Lipinski definition) is 1. The molecule has 0 amide bonds. The Balaban J connectivity index is 2.31. The van der Waals surface area contributed by atoms with Gasteiger partial charge in [0.15, 0.2) is 0 Å². The number of nitrogens with zero attached hydrogens (tertiary/aromatic N) is 1. The van der Waals surface area contributed by atoms with E-state index < -0.39 is 11.5 Å². The van der Waals surface area contributed by atoms with Crippen LogP contribution in [0.3, 0.4) is 0 Å². The molecule has 1 aromatic carbocycles. The number of rotatable bonds is 5. The van der Waals surface area contributed by atoms with Crippen LogP contribution in [-0.2, 0) is 4.79 Å². The lowest BCUT2D eigenvalue weighted by Crippen LogP contribution is -2.48. The zero-order valence-corrected chi connectivity index (χ0v) is 12.4. The van der Waals surface area contributed by atoms with Gasteiger partial charge in [0.05, 0.1) is 6.61 Å². The summed E-state index contributed by atoms with van der Waals surface area (Å²) in [7, 11) is 0. The number of aliphatic carboxylic acids is 1. The molecule has 1 fully saturated rings. The van der Waals surface area contributed by atoms with Crippen LogP contribution in [0, 0.1) is 0 Å². The Bertz CT molecular complexity index is 488. The van der Waals surface area contributed by atoms with Crippen molar-refractivity contribution in [3.8, 4) is 5.75 Å². The second-order valence-electron chi connectivity index (χ2n) is 5.52. The van der Waals surface area contributed by atoms with Gasteiger partial charge in [0, 0.05) is 11.6 Å². The number of hydrogen-bond acceptors (Lipinski definition) is 3. The molecule has 110 valence electrons. The fraction of sp³-hybridized carbons (Fsp3) is 0.562. The SMILES string of the molecule is CCOc1ccccc1C(C)N1CCCC1(C)C(=O)O. The van der Waals surface area contributed by atoms with Crippen molar-refractivity contribution in [2.75, 3.05) is 13.2 Å². The molecule has 1 aliphatic rings. The lowest BCUT2D eigenvalue weighted by atomic mass is 9.95. The van der Waals surface area contributed by atoms with Crippen LogP contribution in [0.5, 0.6) is 5.75 Å². The smallest absolute Gasteiger partial charge is 0.323 e. The molecule has 0 spiro atoms. The molecule has 4 nitrogen and oxygen atoms in total. The molecule has 1 saturated heterocycles. The highest BCUT2D eigenvalue weighted by atomic mass is 16.5. The van der Waals surface area contributed by atoms with Crippen LogP contribution in [0.15, 0.2) is 24.3 Å². The number of likely N-dealkylation sites (tertiary alicyclic amines) is 1. The predicted octanol–water partition coefficient (Wildman–Crippen LogP) is 3.09. The minimum atomic E-state index is -0.779. The summed E-state index contributed by atoms with van der Waals surface area (Å²) < 4.78 is 5.67. The molecule has 0 aromatic heterocycles. The first-order chi connectivity index (χ1) is 9.50. The van der Waals surface area contributed by atoms with Crippen LogP contribution in [-0.4, -0.2) is 34.7 Å². The Morgan fingerprint density at radius 1 is 1.50 bits per heavy atom. The van der Waals surface area contributed by atoms with Crippen molar-refractivity contribution < 1.29 is 14.6 Å². The molecule has 1 aliphatic heterocycles. The third-order valence-electron chi connectivity index (χ3n) is 4.29. The maximum Gasteiger partial charge on any atom is 0.323 e. The second-order valence-corrected chi connectivity index (χ2v) is 5.52. The van der Waals surface area contributed by atoms with Crippen LogP contribution >= 0.6 is 0 Å². The van der Waals surface area contributed by atoms with Crippen molar-refractivity contribution in [1.29, 1.82) is 0 Å². The molecule has 20 heavy (non-hydrogen) atoms. The molecule has 4 heteroatoms. The molecule has 2 unspecified atom stereocenters. The van der Waals surface area contributed by atoms with Crippen LogP contribution < -0.4 is 4.74 Å². The fourth-order valence-electron chi connectivity index (χ4n) is 3.12. The highest BCUT2D eigenvalue weighted by Crippen LogP contribution is 2.39. The Morgan fingerprint density at radius 2 is 2.20 bits per heavy atom. The van der Waals surface area contributed by atoms with Crippen molar-refractivity contribution >= 4 is 5.97 Å². The van der Waals surface area contributed by atoms with Crippen molar-refractivity contribution in [3.63, 3.8) is 0 Å². The van der Waals surface area contributed by atoms with E-state index in [1.54, 1.807) is 0 Å². The standard InChI is InChI=1S/C16H23NO3/c1-4-20-14-9-6-5-8-13(14)12(2)17-11-7-10-16(17,3)15(18)19/h5-6,8-9,12H,4,7,10-11H2,1-3H3,(H,18,19). The van der Waals surface area contributed by atoms with Gasteiger partial charge in [-0.15, -0.1) is 0 Å². The number of ether oxygens (including phenoxy) is 1. The zero-order chi connectivity index (χ0) is 14.8. The zero-order valence-electron chi connectivity index (χ0n) is 12.4. The first-order valence-corrected chi connectivity index (χ1v) is 7.22. The quantitative estimate of drug-likeness (QED) is 0.898. The molecule has 1 N–H and O–H groups in total. The Morgan fingerprint density at radius 3 is 2.85 bits per heavy atom. The Hall–Kier alpha value is -1.55. The average Bonchev–Trinajstić information content (AvgIpc) is 2.82. The molecule has 0 bridgehead atoms. The summed E-state index contributed by atoms with van der Waals surface area (Å²) in [5.74, 6) is 0.109. The van der Waals surface area contributed by atoms with Crippen LogP contribution in [0.4, 0.5) is 0 Å². The van der Waals surface area contributed by atoms with Crippen LogP contribution in [0.2, 0.25) is 0 Å². The first kappa shape index (κ1) is 14.9. The predicted molar refractivity (Wildman–Crippen MR) is 78.0 cm³/mol. The summed E-state index contributed by atoms with van der Waals surface area (Å²) in [6.07, 6.45) is 1.62. The van der Waals surface area contributed by atoms with Crippen LogP contribution in [0.25, 0.3) is 0 Å². The lowest BCUT2D eigenvalue weighted by molar-refractivity contribution is -0.149. The monoisotopic (exact) mass is 277 g/mol. The summed E-state index contributed by atoms with van der Waals surface area (Å²) in [5.41, 5.74) is 0.280. The van der Waals surface area contributed by atoms with E-state index in [0.29, 0.717) is 13.0 Å². The first-order valence-electron chi connectivity index (χ1n) is 7.22. The maximum atomic E-state index is 11.6.